The lowest BCUT2D eigenvalue weighted by atomic mass is 9.89. The van der Waals surface area contributed by atoms with Crippen LogP contribution in [-0.2, 0) is 19.4 Å². The summed E-state index contributed by atoms with van der Waals surface area (Å²) in [4.78, 5) is 23.6. The summed E-state index contributed by atoms with van der Waals surface area (Å²) < 4.78 is 27.1. The number of rotatable bonds is 5. The number of halogens is 1. The minimum Gasteiger partial charge on any atom is -0.488 e. The highest BCUT2D eigenvalue weighted by Gasteiger charge is 2.24. The van der Waals surface area contributed by atoms with E-state index in [1.165, 1.54) is 12.1 Å². The van der Waals surface area contributed by atoms with E-state index in [-0.39, 0.29) is 12.4 Å². The van der Waals surface area contributed by atoms with E-state index in [0.29, 0.717) is 29.1 Å². The van der Waals surface area contributed by atoms with Gasteiger partial charge in [0.15, 0.2) is 11.5 Å². The molecule has 1 aliphatic rings. The Morgan fingerprint density at radius 1 is 1.18 bits per heavy atom. The monoisotopic (exact) mass is 511 g/mol. The van der Waals surface area contributed by atoms with E-state index in [9.17, 15) is 9.18 Å². The summed E-state index contributed by atoms with van der Waals surface area (Å²) in [7, 11) is 0. The number of H-pyrrole nitrogens is 1. The van der Waals surface area contributed by atoms with Gasteiger partial charge in [-0.3, -0.25) is 14.5 Å². The number of fused-ring (bicyclic) bond motifs is 3. The first-order valence-corrected chi connectivity index (χ1v) is 12.6. The van der Waals surface area contributed by atoms with Crippen LogP contribution >= 0.6 is 0 Å². The molecule has 0 unspecified atom stereocenters. The molecule has 0 saturated carbocycles. The molecule has 8 nitrogen and oxygen atoms in total. The summed E-state index contributed by atoms with van der Waals surface area (Å²) in [5, 5.41) is 3.88. The lowest BCUT2D eigenvalue weighted by Gasteiger charge is -2.14. The first-order chi connectivity index (χ1) is 18.4. The molecule has 5 aromatic rings. The van der Waals surface area contributed by atoms with Crippen LogP contribution < -0.4 is 10.5 Å². The molecule has 0 bridgehead atoms. The Morgan fingerprint density at radius 2 is 2.03 bits per heavy atom. The first kappa shape index (κ1) is 23.8. The van der Waals surface area contributed by atoms with Crippen molar-refractivity contribution in [1.29, 1.82) is 0 Å². The first-order valence-electron chi connectivity index (χ1n) is 12.6. The highest BCUT2D eigenvalue weighted by molar-refractivity contribution is 5.99. The van der Waals surface area contributed by atoms with Gasteiger partial charge >= 0.3 is 5.76 Å². The molecule has 1 aliphatic heterocycles. The minimum atomic E-state index is -0.638. The normalized spacial score (nSPS) is 14.1. The lowest BCUT2D eigenvalue weighted by Crippen LogP contribution is -2.03. The van der Waals surface area contributed by atoms with E-state index >= 15 is 0 Å². The van der Waals surface area contributed by atoms with E-state index < -0.39 is 5.76 Å². The van der Waals surface area contributed by atoms with E-state index in [2.05, 4.69) is 44.6 Å². The number of aromatic amines is 1. The highest BCUT2D eigenvalue weighted by Crippen LogP contribution is 2.41. The second kappa shape index (κ2) is 9.41. The fourth-order valence-corrected chi connectivity index (χ4v) is 5.17. The van der Waals surface area contributed by atoms with Crippen molar-refractivity contribution < 1.29 is 13.7 Å². The smallest absolute Gasteiger partial charge is 0.439 e. The van der Waals surface area contributed by atoms with Crippen LogP contribution in [0.25, 0.3) is 16.8 Å². The molecule has 0 fully saturated rings. The van der Waals surface area contributed by atoms with Gasteiger partial charge in [-0.15, -0.1) is 0 Å². The summed E-state index contributed by atoms with van der Waals surface area (Å²) >= 11 is 0. The van der Waals surface area contributed by atoms with Gasteiger partial charge < -0.3 is 9.14 Å². The maximum Gasteiger partial charge on any atom is 0.439 e. The molecule has 0 aliphatic carbocycles. The zero-order valence-corrected chi connectivity index (χ0v) is 21.3. The number of nitrogens with one attached hydrogen (secondary N) is 1. The molecule has 9 heteroatoms. The van der Waals surface area contributed by atoms with Crippen LogP contribution in [-0.4, -0.2) is 24.5 Å². The summed E-state index contributed by atoms with van der Waals surface area (Å²) in [6.45, 7) is 6.24. The van der Waals surface area contributed by atoms with Gasteiger partial charge in [-0.25, -0.2) is 14.2 Å². The van der Waals surface area contributed by atoms with Crippen molar-refractivity contribution in [2.24, 2.45) is 0 Å². The third-order valence-electron chi connectivity index (χ3n) is 6.96. The van der Waals surface area contributed by atoms with Gasteiger partial charge in [-0.05, 0) is 54.7 Å². The van der Waals surface area contributed by atoms with E-state index in [1.807, 2.05) is 20.0 Å². The van der Waals surface area contributed by atoms with Gasteiger partial charge in [-0.2, -0.15) is 0 Å². The number of aryl methyl sites for hydroxylation is 2. The highest BCUT2D eigenvalue weighted by atomic mass is 19.1. The van der Waals surface area contributed by atoms with E-state index in [1.54, 1.807) is 12.3 Å². The quantitative estimate of drug-likeness (QED) is 0.345. The van der Waals surface area contributed by atoms with E-state index in [0.717, 1.165) is 57.8 Å². The average molecular weight is 512 g/mol. The molecule has 1 N–H and O–H groups in total. The van der Waals surface area contributed by atoms with Gasteiger partial charge in [0.25, 0.3) is 0 Å². The van der Waals surface area contributed by atoms with Gasteiger partial charge in [0, 0.05) is 36.0 Å². The average Bonchev–Trinajstić information content (AvgIpc) is 3.45. The van der Waals surface area contributed by atoms with E-state index in [4.69, 9.17) is 14.2 Å². The zero-order chi connectivity index (χ0) is 26.4. The molecule has 38 heavy (non-hydrogen) atoms. The maximum absolute atomic E-state index is 14.2. The molecule has 0 radical (unpaired) electrons. The molecule has 192 valence electrons. The number of hydrogen-bond acceptors (Lipinski definition) is 6. The second-order valence-electron chi connectivity index (χ2n) is 9.50. The summed E-state index contributed by atoms with van der Waals surface area (Å²) in [5.41, 5.74) is 9.17. The van der Waals surface area contributed by atoms with Crippen LogP contribution in [0.4, 0.5) is 4.39 Å². The van der Waals surface area contributed by atoms with Crippen molar-refractivity contribution in [2.75, 3.05) is 0 Å². The molecular weight excluding hydrogens is 485 g/mol. The molecule has 0 saturated heterocycles. The van der Waals surface area contributed by atoms with Crippen molar-refractivity contribution in [3.8, 4) is 5.75 Å². The topological polar surface area (TPSA) is 98.3 Å². The molecule has 0 spiro atoms. The summed E-state index contributed by atoms with van der Waals surface area (Å²) in [6.07, 6.45) is 6.33. The standard InChI is InChI=1S/C29H26FN5O3/c1-4-5-23-24(35-11-10-31-17(3)28(35)32-23)13-18-6-8-21-19(12-18)15-37-25-14-20(30)7-9-22(25)26(21)16(2)27-33-29(36)38-34-27/h6-12,14H,4-5,13,15H2,1-3H3,(H,33,34,36). The number of nitrogens with zero attached hydrogens (tertiary/aromatic N) is 4. The fourth-order valence-electron chi connectivity index (χ4n) is 5.17. The Kier molecular flexibility index (Phi) is 5.90. The Balaban J connectivity index is 1.48. The Bertz CT molecular complexity index is 1780. The number of hydrogen-bond donors (Lipinski definition) is 1. The van der Waals surface area contributed by atoms with Crippen molar-refractivity contribution >= 4 is 16.8 Å². The third kappa shape index (κ3) is 4.09. The molecule has 3 aromatic heterocycles. The third-order valence-corrected chi connectivity index (χ3v) is 6.96. The van der Waals surface area contributed by atoms with Crippen molar-refractivity contribution in [1.82, 2.24) is 24.5 Å². The summed E-state index contributed by atoms with van der Waals surface area (Å²) in [6, 6.07) is 10.7. The number of aromatic nitrogens is 5. The van der Waals surface area contributed by atoms with Crippen LogP contribution in [0.2, 0.25) is 0 Å². The van der Waals surface area contributed by atoms with Gasteiger partial charge in [0.05, 0.1) is 17.1 Å². The fraction of sp³-hybridized carbons (Fsp3) is 0.241. The predicted octanol–water partition coefficient (Wildman–Crippen LogP) is 5.27. The van der Waals surface area contributed by atoms with Crippen molar-refractivity contribution in [3.05, 3.63) is 110 Å². The summed E-state index contributed by atoms with van der Waals surface area (Å²) in [5.74, 6) is -0.279. The predicted molar refractivity (Wildman–Crippen MR) is 140 cm³/mol. The number of allylic oxidation sites excluding steroid dienone is 1. The Labute approximate surface area is 217 Å². The van der Waals surface area contributed by atoms with Gasteiger partial charge in [0.2, 0.25) is 0 Å². The largest absolute Gasteiger partial charge is 0.488 e. The van der Waals surface area contributed by atoms with Crippen molar-refractivity contribution in [3.63, 3.8) is 0 Å². The van der Waals surface area contributed by atoms with Crippen molar-refractivity contribution in [2.45, 2.75) is 46.6 Å². The zero-order valence-electron chi connectivity index (χ0n) is 21.3. The van der Waals surface area contributed by atoms with Crippen LogP contribution in [0, 0.1) is 12.7 Å². The molecular formula is C29H26FN5O3. The van der Waals surface area contributed by atoms with Gasteiger partial charge in [-0.1, -0.05) is 36.7 Å². The molecule has 0 atom stereocenters. The number of imidazole rings is 1. The Hall–Kier alpha value is -4.53. The molecule has 6 rings (SSSR count). The molecule has 0 amide bonds. The second-order valence-corrected chi connectivity index (χ2v) is 9.50. The SMILES string of the molecule is CCCc1nc2c(C)nccn2c1Cc1ccc2c(c1)COc1cc(F)ccc1C2=C(C)c1noc(=O)[nH]1. The van der Waals surface area contributed by atoms with Gasteiger partial charge in [0.1, 0.15) is 18.2 Å². The number of benzene rings is 2. The minimum absolute atomic E-state index is 0.268. The number of ether oxygens (including phenoxy) is 1. The van der Waals surface area contributed by atoms with Crippen LogP contribution in [0.3, 0.4) is 0 Å². The maximum atomic E-state index is 14.2. The Morgan fingerprint density at radius 3 is 2.82 bits per heavy atom. The lowest BCUT2D eigenvalue weighted by molar-refractivity contribution is 0.305. The van der Waals surface area contributed by atoms with Crippen LogP contribution in [0.5, 0.6) is 5.75 Å². The van der Waals surface area contributed by atoms with Crippen LogP contribution in [0.1, 0.15) is 65.4 Å². The molecule has 2 aromatic carbocycles. The van der Waals surface area contributed by atoms with Crippen LogP contribution in [0.15, 0.2) is 58.1 Å². The molecule has 4 heterocycles.